The topological polar surface area (TPSA) is 107 Å². The number of carboxylic acids is 1. The predicted octanol–water partition coefficient (Wildman–Crippen LogP) is 3.29. The van der Waals surface area contributed by atoms with Crippen molar-refractivity contribution < 1.29 is 24.5 Å². The first-order valence-electron chi connectivity index (χ1n) is 9.45. The van der Waals surface area contributed by atoms with Gasteiger partial charge >= 0.3 is 5.97 Å². The second-order valence-electron chi connectivity index (χ2n) is 7.27. The van der Waals surface area contributed by atoms with Crippen molar-refractivity contribution in [1.29, 1.82) is 0 Å². The molecule has 162 valence electrons. The van der Waals surface area contributed by atoms with Crippen molar-refractivity contribution in [1.82, 2.24) is 9.97 Å². The van der Waals surface area contributed by atoms with Crippen LogP contribution < -0.4 is 4.31 Å². The van der Waals surface area contributed by atoms with Crippen LogP contribution in [-0.2, 0) is 4.79 Å². The lowest BCUT2D eigenvalue weighted by molar-refractivity contribution is -0.139. The number of aliphatic hydroxyl groups excluding tert-OH is 2. The van der Waals surface area contributed by atoms with Crippen molar-refractivity contribution in [3.63, 3.8) is 0 Å². The zero-order valence-electron chi connectivity index (χ0n) is 17.0. The lowest BCUT2D eigenvalue weighted by atomic mass is 9.97. The van der Waals surface area contributed by atoms with Gasteiger partial charge in [0.2, 0.25) is 5.95 Å². The summed E-state index contributed by atoms with van der Waals surface area (Å²) in [7, 11) is 1.69. The van der Waals surface area contributed by atoms with Crippen LogP contribution in [0.1, 0.15) is 43.9 Å². The van der Waals surface area contributed by atoms with Crippen molar-refractivity contribution in [2.45, 2.75) is 44.8 Å². The number of benzene rings is 1. The minimum absolute atomic E-state index is 0.00799. The molecular weight excluding hydrogens is 409 g/mol. The van der Waals surface area contributed by atoms with Gasteiger partial charge in [0.05, 0.1) is 30.0 Å². The maximum absolute atomic E-state index is 13.4. The van der Waals surface area contributed by atoms with E-state index in [9.17, 15) is 19.4 Å². The van der Waals surface area contributed by atoms with E-state index in [2.05, 4.69) is 22.8 Å². The molecule has 0 unspecified atom stereocenters. The molecular formula is C21H26FN3O4S. The zero-order valence-corrected chi connectivity index (χ0v) is 17.9. The highest BCUT2D eigenvalue weighted by molar-refractivity contribution is 7.81. The molecule has 9 heteroatoms. The maximum Gasteiger partial charge on any atom is 0.305 e. The lowest BCUT2D eigenvalue weighted by Crippen LogP contribution is -2.19. The number of aliphatic hydroxyl groups is 2. The van der Waals surface area contributed by atoms with Gasteiger partial charge in [0.15, 0.2) is 0 Å². The molecule has 1 aromatic heterocycles. The van der Waals surface area contributed by atoms with Gasteiger partial charge in [0, 0.05) is 24.6 Å². The number of aromatic nitrogens is 2. The van der Waals surface area contributed by atoms with Gasteiger partial charge in [0.1, 0.15) is 5.82 Å². The van der Waals surface area contributed by atoms with E-state index in [1.165, 1.54) is 22.5 Å². The van der Waals surface area contributed by atoms with E-state index in [0.717, 1.165) is 0 Å². The molecule has 2 atom stereocenters. The third-order valence-electron chi connectivity index (χ3n) is 4.33. The van der Waals surface area contributed by atoms with Crippen LogP contribution in [0.15, 0.2) is 30.3 Å². The van der Waals surface area contributed by atoms with Crippen LogP contribution in [0, 0.1) is 5.82 Å². The quantitative estimate of drug-likeness (QED) is 0.448. The number of aliphatic carboxylic acids is 1. The van der Waals surface area contributed by atoms with Gasteiger partial charge in [-0.3, -0.25) is 9.10 Å². The Kier molecular flexibility index (Phi) is 8.33. The fraction of sp³-hybridized carbons (Fsp3) is 0.381. The number of thiol groups is 1. The highest BCUT2D eigenvalue weighted by atomic mass is 32.1. The van der Waals surface area contributed by atoms with Crippen LogP contribution in [0.3, 0.4) is 0 Å². The average molecular weight is 436 g/mol. The molecule has 30 heavy (non-hydrogen) atoms. The van der Waals surface area contributed by atoms with Crippen LogP contribution >= 0.6 is 12.8 Å². The van der Waals surface area contributed by atoms with Gasteiger partial charge in [-0.2, -0.15) is 0 Å². The maximum atomic E-state index is 13.4. The minimum atomic E-state index is -1.17. The van der Waals surface area contributed by atoms with Crippen LogP contribution in [0.4, 0.5) is 10.3 Å². The molecule has 0 bridgehead atoms. The van der Waals surface area contributed by atoms with E-state index >= 15 is 0 Å². The van der Waals surface area contributed by atoms with Crippen molar-refractivity contribution in [2.24, 2.45) is 0 Å². The standard InChI is InChI=1S/C21H26FN3O4S/c1-12(2)19-17(9-8-15(26)10-16(27)11-18(28)29)20(24-21(23-19)25(3)30)13-4-6-14(22)7-5-13/h4-9,12,15-16,26-27,30H,10-11H2,1-3H3,(H,28,29)/b9-8+/t15-,16-/m1/s1. The van der Waals surface area contributed by atoms with E-state index in [1.807, 2.05) is 13.8 Å². The number of carbonyl (C=O) groups is 1. The number of carboxylic acid groups (broad SMARTS) is 1. The molecule has 3 N–H and O–H groups in total. The Morgan fingerprint density at radius 2 is 1.87 bits per heavy atom. The van der Waals surface area contributed by atoms with E-state index in [1.54, 1.807) is 25.3 Å². The summed E-state index contributed by atoms with van der Waals surface area (Å²) in [6, 6.07) is 5.88. The van der Waals surface area contributed by atoms with Gasteiger partial charge in [-0.25, -0.2) is 14.4 Å². The van der Waals surface area contributed by atoms with Crippen molar-refractivity contribution in [2.75, 3.05) is 11.4 Å². The van der Waals surface area contributed by atoms with Crippen LogP contribution in [0.25, 0.3) is 17.3 Å². The molecule has 0 saturated carbocycles. The molecule has 0 saturated heterocycles. The van der Waals surface area contributed by atoms with E-state index in [-0.39, 0.29) is 18.2 Å². The Balaban J connectivity index is 2.49. The number of halogens is 1. The highest BCUT2D eigenvalue weighted by Crippen LogP contribution is 2.31. The van der Waals surface area contributed by atoms with Gasteiger partial charge < -0.3 is 15.3 Å². The molecule has 0 amide bonds. The summed E-state index contributed by atoms with van der Waals surface area (Å²) < 4.78 is 14.9. The molecule has 1 heterocycles. The fourth-order valence-corrected chi connectivity index (χ4v) is 2.99. The second-order valence-corrected chi connectivity index (χ2v) is 7.87. The third-order valence-corrected chi connectivity index (χ3v) is 4.51. The first-order chi connectivity index (χ1) is 14.1. The Labute approximate surface area is 180 Å². The smallest absolute Gasteiger partial charge is 0.305 e. The molecule has 0 aliphatic rings. The van der Waals surface area contributed by atoms with Crippen LogP contribution in [-0.4, -0.2) is 50.5 Å². The van der Waals surface area contributed by atoms with Crippen molar-refractivity contribution in [3.8, 4) is 11.3 Å². The summed E-state index contributed by atoms with van der Waals surface area (Å²) >= 11 is 4.28. The van der Waals surface area contributed by atoms with Gasteiger partial charge in [-0.05, 0) is 30.2 Å². The Morgan fingerprint density at radius 3 is 2.40 bits per heavy atom. The first kappa shape index (κ1) is 23.8. The Bertz CT molecular complexity index is 904. The first-order valence-corrected chi connectivity index (χ1v) is 9.85. The summed E-state index contributed by atoms with van der Waals surface area (Å²) in [4.78, 5) is 19.8. The highest BCUT2D eigenvalue weighted by Gasteiger charge is 2.19. The molecule has 0 spiro atoms. The monoisotopic (exact) mass is 435 g/mol. The zero-order chi connectivity index (χ0) is 22.4. The number of rotatable bonds is 9. The molecule has 2 aromatic rings. The lowest BCUT2D eigenvalue weighted by Gasteiger charge is -2.18. The average Bonchev–Trinajstić information content (AvgIpc) is 2.65. The minimum Gasteiger partial charge on any atom is -0.481 e. The molecule has 0 radical (unpaired) electrons. The molecule has 0 fully saturated rings. The summed E-state index contributed by atoms with van der Waals surface area (Å²) in [5.41, 5.74) is 2.55. The van der Waals surface area contributed by atoms with E-state index < -0.39 is 24.6 Å². The third kappa shape index (κ3) is 6.51. The Hall–Kier alpha value is -2.49. The normalized spacial score (nSPS) is 13.6. The molecule has 2 rings (SSSR count). The van der Waals surface area contributed by atoms with Crippen LogP contribution in [0.2, 0.25) is 0 Å². The van der Waals surface area contributed by atoms with E-state index in [4.69, 9.17) is 5.11 Å². The number of hydrogen-bond acceptors (Lipinski definition) is 7. The molecule has 1 aromatic carbocycles. The number of nitrogens with zero attached hydrogens (tertiary/aromatic N) is 3. The second kappa shape index (κ2) is 10.5. The molecule has 0 aliphatic heterocycles. The van der Waals surface area contributed by atoms with Gasteiger partial charge in [0.25, 0.3) is 0 Å². The van der Waals surface area contributed by atoms with Crippen molar-refractivity contribution in [3.05, 3.63) is 47.4 Å². The summed E-state index contributed by atoms with van der Waals surface area (Å²) in [5.74, 6) is -1.13. The SMILES string of the molecule is CC(C)c1nc(N(C)S)nc(-c2ccc(F)cc2)c1/C=C/[C@@H](O)C[C@@H](O)CC(=O)O. The van der Waals surface area contributed by atoms with Crippen LogP contribution in [0.5, 0.6) is 0 Å². The summed E-state index contributed by atoms with van der Waals surface area (Å²) in [5, 5.41) is 28.7. The van der Waals surface area contributed by atoms with E-state index in [0.29, 0.717) is 28.5 Å². The van der Waals surface area contributed by atoms with Gasteiger partial charge in [-0.15, -0.1) is 0 Å². The molecule has 7 nitrogen and oxygen atoms in total. The van der Waals surface area contributed by atoms with Gasteiger partial charge in [-0.1, -0.05) is 38.8 Å². The number of hydrogen-bond donors (Lipinski definition) is 4. The number of anilines is 1. The fourth-order valence-electron chi connectivity index (χ4n) is 2.90. The predicted molar refractivity (Wildman–Crippen MR) is 117 cm³/mol. The summed E-state index contributed by atoms with van der Waals surface area (Å²) in [6.45, 7) is 3.92. The molecule has 0 aliphatic carbocycles. The van der Waals surface area contributed by atoms with Crippen molar-refractivity contribution >= 4 is 30.8 Å². The summed E-state index contributed by atoms with van der Waals surface area (Å²) in [6.07, 6.45) is 0.313. The largest absolute Gasteiger partial charge is 0.481 e. The Morgan fingerprint density at radius 1 is 1.23 bits per heavy atom.